The second-order valence-corrected chi connectivity index (χ2v) is 7.87. The molecule has 0 aromatic rings. The summed E-state index contributed by atoms with van der Waals surface area (Å²) < 4.78 is 19.7. The van der Waals surface area contributed by atoms with Gasteiger partial charge >= 0.3 is 23.9 Å². The summed E-state index contributed by atoms with van der Waals surface area (Å²) in [4.78, 5) is 48.5. The Morgan fingerprint density at radius 1 is 0.920 bits per heavy atom. The van der Waals surface area contributed by atoms with Crippen LogP contribution in [0.25, 0.3) is 0 Å². The van der Waals surface area contributed by atoms with Crippen molar-refractivity contribution in [2.45, 2.75) is 32.5 Å². The van der Waals surface area contributed by atoms with Crippen LogP contribution in [0.3, 0.4) is 0 Å². The Balaban J connectivity index is 2.31. The molecule has 25 heavy (non-hydrogen) atoms. The summed E-state index contributed by atoms with van der Waals surface area (Å²) in [7, 11) is 2.49. The highest BCUT2D eigenvalue weighted by Crippen LogP contribution is 2.53. The van der Waals surface area contributed by atoms with E-state index in [9.17, 15) is 19.2 Å². The highest BCUT2D eigenvalue weighted by molar-refractivity contribution is 8.28. The minimum absolute atomic E-state index is 0.0904. The third-order valence-electron chi connectivity index (χ3n) is 3.10. The Bertz CT molecular complexity index is 650. The van der Waals surface area contributed by atoms with Gasteiger partial charge in [-0.15, -0.1) is 0 Å². The van der Waals surface area contributed by atoms with E-state index in [4.69, 9.17) is 9.47 Å². The monoisotopic (exact) mass is 388 g/mol. The van der Waals surface area contributed by atoms with Crippen LogP contribution in [0.4, 0.5) is 0 Å². The molecule has 136 valence electrons. The number of ether oxygens (including phenoxy) is 4. The topological polar surface area (TPSA) is 105 Å². The molecule has 2 heterocycles. The van der Waals surface area contributed by atoms with Crippen molar-refractivity contribution >= 4 is 47.4 Å². The number of carbonyl (C=O) groups excluding carboxylic acids is 4. The number of methoxy groups -OCH3 is 2. The van der Waals surface area contributed by atoms with Gasteiger partial charge in [0.15, 0.2) is 5.57 Å². The average Bonchev–Trinajstić information content (AvgIpc) is 2.86. The molecule has 8 nitrogen and oxygen atoms in total. The predicted octanol–water partition coefficient (Wildman–Crippen LogP) is 1.85. The van der Waals surface area contributed by atoms with E-state index < -0.39 is 29.7 Å². The SMILES string of the molecule is COC(=O)CC1=C(CC(=O)OC)SC(=C2C(=O)OC(C)(C)OC2=O)S1. The van der Waals surface area contributed by atoms with Crippen LogP contribution in [0.2, 0.25) is 0 Å². The number of hydrogen-bond acceptors (Lipinski definition) is 10. The molecule has 0 aromatic carbocycles. The summed E-state index contributed by atoms with van der Waals surface area (Å²) in [6.45, 7) is 2.89. The van der Waals surface area contributed by atoms with Crippen LogP contribution in [0, 0.1) is 0 Å². The molecule has 0 amide bonds. The van der Waals surface area contributed by atoms with Crippen LogP contribution in [0.1, 0.15) is 26.7 Å². The van der Waals surface area contributed by atoms with Gasteiger partial charge in [0.1, 0.15) is 0 Å². The first-order chi connectivity index (χ1) is 11.7. The van der Waals surface area contributed by atoms with Gasteiger partial charge in [-0.25, -0.2) is 9.59 Å². The Morgan fingerprint density at radius 3 is 1.68 bits per heavy atom. The van der Waals surface area contributed by atoms with Crippen molar-refractivity contribution in [3.05, 3.63) is 19.6 Å². The van der Waals surface area contributed by atoms with Crippen LogP contribution in [-0.2, 0) is 38.1 Å². The van der Waals surface area contributed by atoms with Crippen LogP contribution in [-0.4, -0.2) is 43.9 Å². The Hall–Kier alpha value is -1.94. The maximum Gasteiger partial charge on any atom is 0.350 e. The zero-order valence-corrected chi connectivity index (χ0v) is 15.6. The van der Waals surface area contributed by atoms with Crippen molar-refractivity contribution in [2.24, 2.45) is 0 Å². The lowest BCUT2D eigenvalue weighted by atomic mass is 10.2. The van der Waals surface area contributed by atoms with E-state index in [0.717, 1.165) is 23.5 Å². The highest BCUT2D eigenvalue weighted by Gasteiger charge is 2.43. The van der Waals surface area contributed by atoms with Gasteiger partial charge in [-0.2, -0.15) is 0 Å². The lowest BCUT2D eigenvalue weighted by molar-refractivity contribution is -0.222. The molecular formula is C15H16O8S2. The second kappa shape index (κ2) is 7.52. The largest absolute Gasteiger partial charge is 0.469 e. The summed E-state index contributed by atoms with van der Waals surface area (Å²) in [6.07, 6.45) is -0.181. The minimum atomic E-state index is -1.34. The van der Waals surface area contributed by atoms with Gasteiger partial charge in [0.25, 0.3) is 5.79 Å². The number of thioether (sulfide) groups is 2. The Labute approximate surface area is 152 Å². The van der Waals surface area contributed by atoms with Crippen LogP contribution in [0.5, 0.6) is 0 Å². The van der Waals surface area contributed by atoms with E-state index in [1.807, 2.05) is 0 Å². The molecule has 0 aromatic heterocycles. The highest BCUT2D eigenvalue weighted by atomic mass is 32.2. The van der Waals surface area contributed by atoms with Crippen molar-refractivity contribution in [1.29, 1.82) is 0 Å². The summed E-state index contributed by atoms with van der Waals surface area (Å²) in [6, 6.07) is 0. The van der Waals surface area contributed by atoms with Gasteiger partial charge in [-0.3, -0.25) is 9.59 Å². The first-order valence-electron chi connectivity index (χ1n) is 7.09. The van der Waals surface area contributed by atoms with Crippen molar-refractivity contribution in [3.63, 3.8) is 0 Å². The predicted molar refractivity (Wildman–Crippen MR) is 88.8 cm³/mol. The van der Waals surface area contributed by atoms with Crippen molar-refractivity contribution in [2.75, 3.05) is 14.2 Å². The van der Waals surface area contributed by atoms with E-state index in [0.29, 0.717) is 14.0 Å². The van der Waals surface area contributed by atoms with E-state index in [1.54, 1.807) is 0 Å². The molecule has 0 N–H and O–H groups in total. The number of hydrogen-bond donors (Lipinski definition) is 0. The molecule has 0 spiro atoms. The second-order valence-electron chi connectivity index (χ2n) is 5.40. The number of carbonyl (C=O) groups is 4. The molecule has 0 atom stereocenters. The smallest absolute Gasteiger partial charge is 0.350 e. The van der Waals surface area contributed by atoms with Gasteiger partial charge in [0, 0.05) is 23.7 Å². The van der Waals surface area contributed by atoms with E-state index >= 15 is 0 Å². The number of rotatable bonds is 4. The first kappa shape index (κ1) is 19.4. The standard InChI is InChI=1S/C15H16O8S2/c1-15(2)22-12(18)11(13(19)23-15)14-24-7(5-9(16)20-3)8(25-14)6-10(17)21-4/h5-6H2,1-4H3. The molecule has 0 bridgehead atoms. The Morgan fingerprint density at radius 2 is 1.32 bits per heavy atom. The minimum Gasteiger partial charge on any atom is -0.469 e. The molecule has 10 heteroatoms. The van der Waals surface area contributed by atoms with Crippen LogP contribution < -0.4 is 0 Å². The van der Waals surface area contributed by atoms with Gasteiger partial charge in [0.05, 0.1) is 31.3 Å². The molecule has 0 saturated carbocycles. The lowest BCUT2D eigenvalue weighted by Gasteiger charge is -2.30. The van der Waals surface area contributed by atoms with Gasteiger partial charge in [0.2, 0.25) is 0 Å². The van der Waals surface area contributed by atoms with Crippen molar-refractivity contribution < 1.29 is 38.1 Å². The third kappa shape index (κ3) is 4.57. The summed E-state index contributed by atoms with van der Waals surface area (Å²) >= 11 is 2.08. The van der Waals surface area contributed by atoms with Gasteiger partial charge in [-0.1, -0.05) is 23.5 Å². The van der Waals surface area contributed by atoms with E-state index in [-0.39, 0.29) is 18.4 Å². The van der Waals surface area contributed by atoms with E-state index in [1.165, 1.54) is 28.1 Å². The zero-order chi connectivity index (χ0) is 18.8. The summed E-state index contributed by atoms with van der Waals surface area (Å²) in [5, 5.41) is 0. The zero-order valence-electron chi connectivity index (χ0n) is 14.0. The summed E-state index contributed by atoms with van der Waals surface area (Å²) in [5.41, 5.74) is -0.253. The van der Waals surface area contributed by atoms with E-state index in [2.05, 4.69) is 9.47 Å². The Kier molecular flexibility index (Phi) is 5.83. The molecule has 2 rings (SSSR count). The van der Waals surface area contributed by atoms with Crippen molar-refractivity contribution in [1.82, 2.24) is 0 Å². The molecule has 2 aliphatic rings. The molecule has 1 saturated heterocycles. The van der Waals surface area contributed by atoms with Crippen LogP contribution in [0.15, 0.2) is 19.6 Å². The molecule has 0 unspecified atom stereocenters. The number of esters is 4. The third-order valence-corrected chi connectivity index (χ3v) is 5.78. The van der Waals surface area contributed by atoms with Gasteiger partial charge in [-0.05, 0) is 0 Å². The normalized spacial score (nSPS) is 19.5. The van der Waals surface area contributed by atoms with Gasteiger partial charge < -0.3 is 18.9 Å². The maximum atomic E-state index is 12.2. The maximum absolute atomic E-state index is 12.2. The fraction of sp³-hybridized carbons (Fsp3) is 0.467. The fourth-order valence-electron chi connectivity index (χ4n) is 1.96. The number of cyclic esters (lactones) is 2. The quantitative estimate of drug-likeness (QED) is 0.306. The lowest BCUT2D eigenvalue weighted by Crippen LogP contribution is -2.42. The van der Waals surface area contributed by atoms with Crippen molar-refractivity contribution in [3.8, 4) is 0 Å². The first-order valence-corrected chi connectivity index (χ1v) is 8.72. The average molecular weight is 388 g/mol. The molecular weight excluding hydrogens is 372 g/mol. The molecule has 0 radical (unpaired) electrons. The summed E-state index contributed by atoms with van der Waals surface area (Å²) in [5.74, 6) is -3.98. The molecule has 0 aliphatic carbocycles. The van der Waals surface area contributed by atoms with Crippen LogP contribution >= 0.6 is 23.5 Å². The molecule has 2 aliphatic heterocycles. The fourth-order valence-corrected chi connectivity index (χ4v) is 4.71. The molecule has 1 fully saturated rings.